The highest BCUT2D eigenvalue weighted by molar-refractivity contribution is 6.30. The number of halogens is 1. The molecule has 2 N–H and O–H groups in total. The number of amides is 1. The number of carbonyl (C=O) groups is 2. The second-order valence-corrected chi connectivity index (χ2v) is 5.02. The first-order valence-corrected chi connectivity index (χ1v) is 7.03. The van der Waals surface area contributed by atoms with E-state index in [9.17, 15) is 14.7 Å². The standard InChI is InChI=1S/C17H14ClNO4/c1-23-14-4-2-3-13(9-14)19-17(22)16(21)10-15(20)11-5-7-12(18)8-6-11/h2-10,21H,1H3,(H,19,22)/b16-10-. The van der Waals surface area contributed by atoms with Gasteiger partial charge in [0.25, 0.3) is 5.91 Å². The van der Waals surface area contributed by atoms with Gasteiger partial charge in [0, 0.05) is 28.4 Å². The molecule has 0 saturated heterocycles. The summed E-state index contributed by atoms with van der Waals surface area (Å²) >= 11 is 5.74. The molecule has 5 nitrogen and oxygen atoms in total. The molecule has 0 fully saturated rings. The van der Waals surface area contributed by atoms with Crippen LogP contribution in [0.1, 0.15) is 10.4 Å². The van der Waals surface area contributed by atoms with Gasteiger partial charge in [-0.05, 0) is 36.4 Å². The van der Waals surface area contributed by atoms with E-state index in [-0.39, 0.29) is 0 Å². The summed E-state index contributed by atoms with van der Waals surface area (Å²) in [6.45, 7) is 0. The molecule has 0 aliphatic carbocycles. The summed E-state index contributed by atoms with van der Waals surface area (Å²) in [5.41, 5.74) is 0.753. The summed E-state index contributed by atoms with van der Waals surface area (Å²) in [7, 11) is 1.50. The van der Waals surface area contributed by atoms with Crippen LogP contribution in [0.5, 0.6) is 5.75 Å². The maximum Gasteiger partial charge on any atom is 0.290 e. The van der Waals surface area contributed by atoms with E-state index in [1.807, 2.05) is 0 Å². The Morgan fingerprint density at radius 2 is 1.87 bits per heavy atom. The second-order valence-electron chi connectivity index (χ2n) is 4.59. The number of ketones is 1. The number of aliphatic hydroxyl groups excluding tert-OH is 1. The lowest BCUT2D eigenvalue weighted by Gasteiger charge is -2.06. The van der Waals surface area contributed by atoms with E-state index in [0.717, 1.165) is 6.08 Å². The average molecular weight is 332 g/mol. The van der Waals surface area contributed by atoms with Crippen LogP contribution >= 0.6 is 11.6 Å². The summed E-state index contributed by atoms with van der Waals surface area (Å²) in [4.78, 5) is 23.8. The predicted molar refractivity (Wildman–Crippen MR) is 88.1 cm³/mol. The fourth-order valence-corrected chi connectivity index (χ4v) is 1.91. The summed E-state index contributed by atoms with van der Waals surface area (Å²) in [6, 6.07) is 12.7. The van der Waals surface area contributed by atoms with Crippen LogP contribution in [-0.2, 0) is 4.79 Å². The first kappa shape index (κ1) is 16.6. The third-order valence-corrected chi connectivity index (χ3v) is 3.21. The molecular formula is C17H14ClNO4. The highest BCUT2D eigenvalue weighted by Crippen LogP contribution is 2.17. The van der Waals surface area contributed by atoms with Crippen molar-refractivity contribution < 1.29 is 19.4 Å². The maximum absolute atomic E-state index is 11.9. The number of rotatable bonds is 5. The third-order valence-electron chi connectivity index (χ3n) is 2.96. The molecule has 6 heteroatoms. The van der Waals surface area contributed by atoms with Gasteiger partial charge in [0.15, 0.2) is 11.5 Å². The minimum Gasteiger partial charge on any atom is -0.503 e. The van der Waals surface area contributed by atoms with Gasteiger partial charge in [-0.3, -0.25) is 9.59 Å². The summed E-state index contributed by atoms with van der Waals surface area (Å²) < 4.78 is 5.04. The molecule has 2 aromatic carbocycles. The molecule has 118 valence electrons. The Morgan fingerprint density at radius 3 is 2.52 bits per heavy atom. The number of hydrogen-bond donors (Lipinski definition) is 2. The predicted octanol–water partition coefficient (Wildman–Crippen LogP) is 3.61. The van der Waals surface area contributed by atoms with E-state index in [0.29, 0.717) is 22.0 Å². The molecule has 0 unspecified atom stereocenters. The van der Waals surface area contributed by atoms with Crippen LogP contribution in [0.3, 0.4) is 0 Å². The smallest absolute Gasteiger partial charge is 0.290 e. The van der Waals surface area contributed by atoms with Crippen molar-refractivity contribution in [2.24, 2.45) is 0 Å². The fourth-order valence-electron chi connectivity index (χ4n) is 1.78. The molecule has 0 saturated carbocycles. The van der Waals surface area contributed by atoms with Gasteiger partial charge in [0.2, 0.25) is 0 Å². The summed E-state index contributed by atoms with van der Waals surface area (Å²) in [5.74, 6) is -1.42. The number of ether oxygens (including phenoxy) is 1. The van der Waals surface area contributed by atoms with Crippen molar-refractivity contribution in [3.8, 4) is 5.75 Å². The zero-order chi connectivity index (χ0) is 16.8. The molecule has 0 atom stereocenters. The molecule has 0 heterocycles. The highest BCUT2D eigenvalue weighted by Gasteiger charge is 2.12. The number of hydrogen-bond acceptors (Lipinski definition) is 4. The van der Waals surface area contributed by atoms with Gasteiger partial charge in [0.05, 0.1) is 7.11 Å². The lowest BCUT2D eigenvalue weighted by molar-refractivity contribution is -0.115. The SMILES string of the molecule is COc1cccc(NC(=O)/C(O)=C/C(=O)c2ccc(Cl)cc2)c1. The fraction of sp³-hybridized carbons (Fsp3) is 0.0588. The van der Waals surface area contributed by atoms with Crippen molar-refractivity contribution >= 4 is 29.0 Å². The van der Waals surface area contributed by atoms with Crippen molar-refractivity contribution in [1.82, 2.24) is 0 Å². The Morgan fingerprint density at radius 1 is 1.17 bits per heavy atom. The number of anilines is 1. The highest BCUT2D eigenvalue weighted by atomic mass is 35.5. The quantitative estimate of drug-likeness (QED) is 0.498. The number of nitrogens with one attached hydrogen (secondary N) is 1. The lowest BCUT2D eigenvalue weighted by atomic mass is 10.1. The molecule has 0 radical (unpaired) electrons. The van der Waals surface area contributed by atoms with E-state index in [1.54, 1.807) is 36.4 Å². The zero-order valence-electron chi connectivity index (χ0n) is 12.2. The van der Waals surface area contributed by atoms with Gasteiger partial charge in [-0.25, -0.2) is 0 Å². The Bertz CT molecular complexity index is 753. The molecule has 2 aromatic rings. The van der Waals surface area contributed by atoms with E-state index < -0.39 is 17.4 Å². The molecule has 23 heavy (non-hydrogen) atoms. The van der Waals surface area contributed by atoms with Gasteiger partial charge in [0.1, 0.15) is 5.75 Å². The van der Waals surface area contributed by atoms with Gasteiger partial charge >= 0.3 is 0 Å². The number of aliphatic hydroxyl groups is 1. The number of methoxy groups -OCH3 is 1. The van der Waals surface area contributed by atoms with E-state index in [4.69, 9.17) is 16.3 Å². The van der Waals surface area contributed by atoms with Crippen molar-refractivity contribution in [1.29, 1.82) is 0 Å². The molecule has 0 aromatic heterocycles. The van der Waals surface area contributed by atoms with E-state index in [1.165, 1.54) is 19.2 Å². The van der Waals surface area contributed by atoms with Crippen molar-refractivity contribution in [3.63, 3.8) is 0 Å². The topological polar surface area (TPSA) is 75.6 Å². The van der Waals surface area contributed by atoms with Crippen LogP contribution in [-0.4, -0.2) is 23.9 Å². The second kappa shape index (κ2) is 7.47. The zero-order valence-corrected chi connectivity index (χ0v) is 13.0. The molecule has 2 rings (SSSR count). The largest absolute Gasteiger partial charge is 0.503 e. The average Bonchev–Trinajstić information content (AvgIpc) is 2.55. The Kier molecular flexibility index (Phi) is 5.38. The van der Waals surface area contributed by atoms with Gasteiger partial charge in [-0.15, -0.1) is 0 Å². The van der Waals surface area contributed by atoms with Crippen molar-refractivity contribution in [3.05, 3.63) is 71.0 Å². The van der Waals surface area contributed by atoms with Gasteiger partial charge in [-0.2, -0.15) is 0 Å². The Balaban J connectivity index is 2.08. The maximum atomic E-state index is 11.9. The molecular weight excluding hydrogens is 318 g/mol. The first-order valence-electron chi connectivity index (χ1n) is 6.65. The van der Waals surface area contributed by atoms with Crippen LogP contribution in [0.25, 0.3) is 0 Å². The first-order chi connectivity index (χ1) is 11.0. The van der Waals surface area contributed by atoms with Crippen LogP contribution in [0.15, 0.2) is 60.4 Å². The minimum atomic E-state index is -0.791. The van der Waals surface area contributed by atoms with Crippen LogP contribution in [0.2, 0.25) is 5.02 Å². The van der Waals surface area contributed by atoms with Crippen LogP contribution in [0.4, 0.5) is 5.69 Å². The molecule has 0 aliphatic rings. The van der Waals surface area contributed by atoms with E-state index >= 15 is 0 Å². The number of benzene rings is 2. The number of allylic oxidation sites excluding steroid dienone is 1. The van der Waals surface area contributed by atoms with Crippen molar-refractivity contribution in [2.75, 3.05) is 12.4 Å². The van der Waals surface area contributed by atoms with Gasteiger partial charge < -0.3 is 15.2 Å². The minimum absolute atomic E-state index is 0.315. The lowest BCUT2D eigenvalue weighted by Crippen LogP contribution is -2.15. The summed E-state index contributed by atoms with van der Waals surface area (Å²) in [5, 5.41) is 12.7. The molecule has 0 spiro atoms. The van der Waals surface area contributed by atoms with Crippen molar-refractivity contribution in [2.45, 2.75) is 0 Å². The van der Waals surface area contributed by atoms with Crippen LogP contribution in [0, 0.1) is 0 Å². The van der Waals surface area contributed by atoms with E-state index in [2.05, 4.69) is 5.32 Å². The molecule has 0 bridgehead atoms. The summed E-state index contributed by atoms with van der Waals surface area (Å²) in [6.07, 6.45) is 0.860. The Labute approximate surface area is 138 Å². The van der Waals surface area contributed by atoms with Gasteiger partial charge in [-0.1, -0.05) is 17.7 Å². The van der Waals surface area contributed by atoms with Crippen LogP contribution < -0.4 is 10.1 Å². The monoisotopic (exact) mass is 331 g/mol. The third kappa shape index (κ3) is 4.59. The number of carbonyl (C=O) groups excluding carboxylic acids is 2. The Hall–Kier alpha value is -2.79. The molecule has 0 aliphatic heterocycles. The normalized spacial score (nSPS) is 11.0. The molecule has 1 amide bonds.